The lowest BCUT2D eigenvalue weighted by molar-refractivity contribution is -0.141. The zero-order chi connectivity index (χ0) is 28.1. The smallest absolute Gasteiger partial charge is 0.308 e. The fourth-order valence-corrected chi connectivity index (χ4v) is 3.65. The van der Waals surface area contributed by atoms with E-state index >= 15 is 0 Å². The molecule has 0 spiro atoms. The number of rotatable bonds is 14. The minimum atomic E-state index is -1.06. The van der Waals surface area contributed by atoms with Gasteiger partial charge >= 0.3 is 5.97 Å². The van der Waals surface area contributed by atoms with Crippen LogP contribution in [0.1, 0.15) is 41.8 Å². The molecule has 0 saturated heterocycles. The van der Waals surface area contributed by atoms with E-state index in [0.29, 0.717) is 17.4 Å². The van der Waals surface area contributed by atoms with Crippen LogP contribution in [-0.4, -0.2) is 53.0 Å². The summed E-state index contributed by atoms with van der Waals surface area (Å²) in [7, 11) is 0. The van der Waals surface area contributed by atoms with Crippen molar-refractivity contribution in [2.75, 3.05) is 6.54 Å². The number of nitrogens with one attached hydrogen (secondary N) is 2. The van der Waals surface area contributed by atoms with E-state index in [4.69, 9.17) is 16.7 Å². The zero-order valence-corrected chi connectivity index (χ0v) is 22.1. The molecule has 4 N–H and O–H groups in total. The lowest BCUT2D eigenvalue weighted by Gasteiger charge is -2.19. The van der Waals surface area contributed by atoms with Crippen molar-refractivity contribution < 1.29 is 29.4 Å². The van der Waals surface area contributed by atoms with E-state index in [2.05, 4.69) is 10.6 Å². The number of carbonyl (C=O) groups excluding carboxylic acids is 3. The van der Waals surface area contributed by atoms with Gasteiger partial charge in [0.05, 0.1) is 17.0 Å². The van der Waals surface area contributed by atoms with Crippen molar-refractivity contribution in [3.05, 3.63) is 88.5 Å². The van der Waals surface area contributed by atoms with Crippen LogP contribution in [0.3, 0.4) is 0 Å². The molecule has 0 fully saturated rings. The van der Waals surface area contributed by atoms with E-state index in [9.17, 15) is 24.3 Å². The number of carboxylic acids is 1. The Kier molecular flexibility index (Phi) is 12.4. The maximum absolute atomic E-state index is 12.8. The Morgan fingerprint density at radius 2 is 1.79 bits per heavy atom. The summed E-state index contributed by atoms with van der Waals surface area (Å²) in [4.78, 5) is 47.5. The molecule has 2 rings (SSSR count). The van der Waals surface area contributed by atoms with Crippen molar-refractivity contribution in [2.45, 2.75) is 38.8 Å². The molecule has 38 heavy (non-hydrogen) atoms. The van der Waals surface area contributed by atoms with Crippen LogP contribution in [0.25, 0.3) is 6.08 Å². The topological polar surface area (TPSA) is 133 Å². The van der Waals surface area contributed by atoms with Gasteiger partial charge in [-0.3, -0.25) is 19.2 Å². The van der Waals surface area contributed by atoms with E-state index in [1.165, 1.54) is 31.2 Å². The molecule has 4 atom stereocenters. The van der Waals surface area contributed by atoms with Gasteiger partial charge in [0.1, 0.15) is 6.04 Å². The summed E-state index contributed by atoms with van der Waals surface area (Å²) >= 11 is 6.09. The molecule has 8 nitrogen and oxygen atoms in total. The van der Waals surface area contributed by atoms with Gasteiger partial charge in [0, 0.05) is 24.4 Å². The number of carboxylic acid groups (broad SMARTS) is 1. The van der Waals surface area contributed by atoms with E-state index < -0.39 is 35.8 Å². The van der Waals surface area contributed by atoms with Gasteiger partial charge in [-0.2, -0.15) is 0 Å². The first-order valence-corrected chi connectivity index (χ1v) is 12.6. The molecule has 0 aliphatic rings. The lowest BCUT2D eigenvalue weighted by Crippen LogP contribution is -2.48. The number of aldehydes is 1. The Hall–Kier alpha value is -3.75. The summed E-state index contributed by atoms with van der Waals surface area (Å²) in [5.74, 6) is -3.13. The van der Waals surface area contributed by atoms with Crippen molar-refractivity contribution in [1.82, 2.24) is 10.6 Å². The molecule has 2 aromatic carbocycles. The molecule has 0 heterocycles. The van der Waals surface area contributed by atoms with Crippen molar-refractivity contribution in [3.8, 4) is 0 Å². The second-order valence-corrected chi connectivity index (χ2v) is 9.46. The van der Waals surface area contributed by atoms with Crippen LogP contribution in [0.4, 0.5) is 0 Å². The predicted molar refractivity (Wildman–Crippen MR) is 147 cm³/mol. The SMILES string of the molecule is C[C@H](CNC(=O)[C@@H](Cc1ccc(C=O)c(Cl)c1)NC(=O)/C=C/C[C@H](O)[C@H](C)/C=C/c1ccccc1)C(=O)O. The fourth-order valence-electron chi connectivity index (χ4n) is 3.41. The number of aliphatic hydroxyl groups is 1. The summed E-state index contributed by atoms with van der Waals surface area (Å²) in [6.45, 7) is 3.22. The molecule has 0 radical (unpaired) electrons. The van der Waals surface area contributed by atoms with Gasteiger partial charge in [-0.05, 0) is 35.8 Å². The van der Waals surface area contributed by atoms with Crippen molar-refractivity contribution >= 4 is 41.7 Å². The first kappa shape index (κ1) is 30.5. The second kappa shape index (κ2) is 15.5. The Morgan fingerprint density at radius 3 is 2.42 bits per heavy atom. The van der Waals surface area contributed by atoms with Crippen LogP contribution in [-0.2, 0) is 20.8 Å². The summed E-state index contributed by atoms with van der Waals surface area (Å²) in [6, 6.07) is 13.3. The van der Waals surface area contributed by atoms with Crippen molar-refractivity contribution in [3.63, 3.8) is 0 Å². The highest BCUT2D eigenvalue weighted by molar-refractivity contribution is 6.33. The van der Waals surface area contributed by atoms with Crippen LogP contribution < -0.4 is 10.6 Å². The number of amides is 2. The van der Waals surface area contributed by atoms with Gasteiger partial charge in [0.2, 0.25) is 11.8 Å². The van der Waals surface area contributed by atoms with Crippen LogP contribution in [0.2, 0.25) is 5.02 Å². The minimum absolute atomic E-state index is 0.0651. The van der Waals surface area contributed by atoms with Gasteiger partial charge in [0.15, 0.2) is 6.29 Å². The summed E-state index contributed by atoms with van der Waals surface area (Å²) in [5, 5.41) is 24.9. The third-order valence-corrected chi connectivity index (χ3v) is 6.24. The Labute approximate surface area is 227 Å². The van der Waals surface area contributed by atoms with E-state index in [0.717, 1.165) is 5.56 Å². The molecule has 202 valence electrons. The number of carbonyl (C=O) groups is 4. The molecule has 0 unspecified atom stereocenters. The highest BCUT2D eigenvalue weighted by Crippen LogP contribution is 2.18. The largest absolute Gasteiger partial charge is 0.481 e. The Bertz CT molecular complexity index is 1160. The van der Waals surface area contributed by atoms with E-state index in [1.807, 2.05) is 49.4 Å². The fraction of sp³-hybridized carbons (Fsp3) is 0.310. The quantitative estimate of drug-likeness (QED) is 0.213. The van der Waals surface area contributed by atoms with Gasteiger partial charge < -0.3 is 20.8 Å². The maximum atomic E-state index is 12.8. The molecular weight excluding hydrogens is 508 g/mol. The normalized spacial score (nSPS) is 14.5. The lowest BCUT2D eigenvalue weighted by atomic mass is 10.00. The summed E-state index contributed by atoms with van der Waals surface area (Å²) in [5.41, 5.74) is 1.92. The average molecular weight is 541 g/mol. The third kappa shape index (κ3) is 10.3. The van der Waals surface area contributed by atoms with Crippen molar-refractivity contribution in [1.29, 1.82) is 0 Å². The van der Waals surface area contributed by atoms with Gasteiger partial charge in [-0.1, -0.05) is 80.1 Å². The molecule has 2 aromatic rings. The predicted octanol–water partition coefficient (Wildman–Crippen LogP) is 3.67. The molecular formula is C29H33ClN2O6. The first-order valence-electron chi connectivity index (χ1n) is 12.2. The monoisotopic (exact) mass is 540 g/mol. The highest BCUT2D eigenvalue weighted by Gasteiger charge is 2.22. The average Bonchev–Trinajstić information content (AvgIpc) is 2.90. The number of aliphatic hydroxyl groups excluding tert-OH is 1. The number of aliphatic carboxylic acids is 1. The first-order chi connectivity index (χ1) is 18.1. The molecule has 0 aromatic heterocycles. The minimum Gasteiger partial charge on any atom is -0.481 e. The summed E-state index contributed by atoms with van der Waals surface area (Å²) < 4.78 is 0. The molecule has 0 saturated carbocycles. The van der Waals surface area contributed by atoms with Crippen LogP contribution in [0.15, 0.2) is 66.8 Å². The Morgan fingerprint density at radius 1 is 1.08 bits per heavy atom. The molecule has 0 bridgehead atoms. The Balaban J connectivity index is 2.01. The van der Waals surface area contributed by atoms with Crippen LogP contribution in [0, 0.1) is 11.8 Å². The maximum Gasteiger partial charge on any atom is 0.308 e. The molecule has 9 heteroatoms. The van der Waals surface area contributed by atoms with Gasteiger partial charge in [0.25, 0.3) is 0 Å². The molecule has 0 aliphatic carbocycles. The van der Waals surface area contributed by atoms with E-state index in [1.54, 1.807) is 6.07 Å². The molecule has 2 amide bonds. The van der Waals surface area contributed by atoms with Crippen LogP contribution in [0.5, 0.6) is 0 Å². The van der Waals surface area contributed by atoms with Crippen LogP contribution >= 0.6 is 11.6 Å². The molecule has 0 aliphatic heterocycles. The number of hydrogen-bond acceptors (Lipinski definition) is 5. The van der Waals surface area contributed by atoms with Gasteiger partial charge in [-0.25, -0.2) is 0 Å². The number of hydrogen-bond donors (Lipinski definition) is 4. The number of halogens is 1. The number of benzene rings is 2. The van der Waals surface area contributed by atoms with Crippen molar-refractivity contribution in [2.24, 2.45) is 11.8 Å². The highest BCUT2D eigenvalue weighted by atomic mass is 35.5. The van der Waals surface area contributed by atoms with E-state index in [-0.39, 0.29) is 30.3 Å². The third-order valence-electron chi connectivity index (χ3n) is 5.91. The summed E-state index contributed by atoms with van der Waals surface area (Å²) in [6.07, 6.45) is 6.79. The standard InChI is InChI=1S/C29H33ClN2O6/c1-19(11-12-21-7-4-3-5-8-21)26(34)9-6-10-27(35)32-25(28(36)31-17-20(2)29(37)38)16-22-13-14-23(18-33)24(30)15-22/h3-8,10-15,18-20,25-26,34H,9,16-17H2,1-2H3,(H,31,36)(H,32,35)(H,37,38)/b10-6+,12-11+/t19-,20-,25-,26+/m1/s1. The van der Waals surface area contributed by atoms with Gasteiger partial charge in [-0.15, -0.1) is 0 Å². The second-order valence-electron chi connectivity index (χ2n) is 9.06. The zero-order valence-electron chi connectivity index (χ0n) is 21.3.